The molecule has 4 heteroatoms. The summed E-state index contributed by atoms with van der Waals surface area (Å²) >= 11 is 5.30. The van der Waals surface area contributed by atoms with E-state index in [1.165, 1.54) is 21.1 Å². The van der Waals surface area contributed by atoms with Crippen molar-refractivity contribution in [1.82, 2.24) is 10.3 Å². The predicted molar refractivity (Wildman–Crippen MR) is 85.8 cm³/mol. The van der Waals surface area contributed by atoms with Crippen molar-refractivity contribution in [3.05, 3.63) is 49.9 Å². The first-order chi connectivity index (χ1) is 9.22. The average molecular weight is 339 g/mol. The highest BCUT2D eigenvalue weighted by molar-refractivity contribution is 9.10. The van der Waals surface area contributed by atoms with Crippen LogP contribution in [0.1, 0.15) is 34.5 Å². The van der Waals surface area contributed by atoms with Crippen molar-refractivity contribution in [3.8, 4) is 0 Å². The van der Waals surface area contributed by atoms with Crippen molar-refractivity contribution in [3.63, 3.8) is 0 Å². The van der Waals surface area contributed by atoms with Gasteiger partial charge in [0.05, 0.1) is 10.7 Å². The molecule has 1 heterocycles. The lowest BCUT2D eigenvalue weighted by atomic mass is 10.1. The summed E-state index contributed by atoms with van der Waals surface area (Å²) in [6, 6.07) is 8.49. The van der Waals surface area contributed by atoms with Gasteiger partial charge in [0, 0.05) is 22.3 Å². The van der Waals surface area contributed by atoms with Crippen LogP contribution >= 0.6 is 27.3 Å². The van der Waals surface area contributed by atoms with Crippen molar-refractivity contribution in [1.29, 1.82) is 0 Å². The molecule has 0 atom stereocenters. The molecule has 1 aromatic carbocycles. The first kappa shape index (κ1) is 14.7. The lowest BCUT2D eigenvalue weighted by molar-refractivity contribution is 0.796. The Labute approximate surface area is 127 Å². The molecule has 0 aliphatic rings. The van der Waals surface area contributed by atoms with Crippen LogP contribution in [0.5, 0.6) is 0 Å². The van der Waals surface area contributed by atoms with E-state index >= 15 is 0 Å². The van der Waals surface area contributed by atoms with Crippen LogP contribution in [0.15, 0.2) is 28.7 Å². The van der Waals surface area contributed by atoms with Gasteiger partial charge in [-0.2, -0.15) is 0 Å². The molecule has 0 spiro atoms. The van der Waals surface area contributed by atoms with Crippen molar-refractivity contribution in [2.24, 2.45) is 0 Å². The number of hydrogen-bond donors (Lipinski definition) is 1. The fourth-order valence-electron chi connectivity index (χ4n) is 2.02. The van der Waals surface area contributed by atoms with Crippen LogP contribution in [0.4, 0.5) is 0 Å². The molecule has 0 amide bonds. The smallest absolute Gasteiger partial charge is 0.0975 e. The Balaban J connectivity index is 2.15. The second-order valence-corrected chi connectivity index (χ2v) is 6.64. The highest BCUT2D eigenvalue weighted by Crippen LogP contribution is 2.23. The van der Waals surface area contributed by atoms with Crippen molar-refractivity contribution < 1.29 is 0 Å². The Bertz CT molecular complexity index is 496. The molecule has 0 unspecified atom stereocenters. The van der Waals surface area contributed by atoms with Gasteiger partial charge in [-0.25, -0.2) is 4.98 Å². The third-order valence-electron chi connectivity index (χ3n) is 2.92. The molecule has 0 saturated heterocycles. The molecular weight excluding hydrogens is 320 g/mol. The predicted octanol–water partition coefficient (Wildman–Crippen LogP) is 4.17. The molecule has 0 radical (unpaired) electrons. The maximum atomic E-state index is 4.80. The summed E-state index contributed by atoms with van der Waals surface area (Å²) < 4.78 is 1.12. The maximum absolute atomic E-state index is 4.80. The lowest BCUT2D eigenvalue weighted by Gasteiger charge is -1.98. The summed E-state index contributed by atoms with van der Waals surface area (Å²) in [7, 11) is 1.99. The Morgan fingerprint density at radius 2 is 2.00 bits per heavy atom. The van der Waals surface area contributed by atoms with Crippen molar-refractivity contribution in [2.45, 2.75) is 32.7 Å². The zero-order chi connectivity index (χ0) is 13.7. The number of rotatable bonds is 6. The molecule has 0 aliphatic heterocycles. The van der Waals surface area contributed by atoms with Gasteiger partial charge in [-0.3, -0.25) is 0 Å². The normalized spacial score (nSPS) is 10.9. The van der Waals surface area contributed by atoms with E-state index in [1.54, 1.807) is 0 Å². The number of thiazole rings is 1. The van der Waals surface area contributed by atoms with Gasteiger partial charge >= 0.3 is 0 Å². The molecule has 1 N–H and O–H groups in total. The Morgan fingerprint density at radius 3 is 2.63 bits per heavy atom. The van der Waals surface area contributed by atoms with E-state index in [0.29, 0.717) is 0 Å². The van der Waals surface area contributed by atoms with Gasteiger partial charge in [-0.05, 0) is 31.2 Å². The average Bonchev–Trinajstić information content (AvgIpc) is 2.75. The molecule has 1 aromatic heterocycles. The number of benzene rings is 1. The fraction of sp³-hybridized carbons (Fsp3) is 0.400. The Morgan fingerprint density at radius 1 is 1.26 bits per heavy atom. The van der Waals surface area contributed by atoms with E-state index in [2.05, 4.69) is 52.4 Å². The van der Waals surface area contributed by atoms with Gasteiger partial charge < -0.3 is 5.32 Å². The molecule has 0 aliphatic carbocycles. The number of nitrogens with zero attached hydrogens (tertiary/aromatic N) is 1. The minimum absolute atomic E-state index is 0.924. The number of hydrogen-bond acceptors (Lipinski definition) is 3. The van der Waals surface area contributed by atoms with Crippen LogP contribution in [0, 0.1) is 0 Å². The van der Waals surface area contributed by atoms with Crippen LogP contribution in [0.25, 0.3) is 0 Å². The molecule has 19 heavy (non-hydrogen) atoms. The molecule has 0 saturated carbocycles. The Kier molecular flexibility index (Phi) is 5.55. The SMILES string of the molecule is CCCc1nc(Cc2ccc(Br)cc2)sc1CNC. The zero-order valence-electron chi connectivity index (χ0n) is 11.4. The standard InChI is InChI=1S/C15H19BrN2S/c1-3-4-13-14(10-17-2)19-15(18-13)9-11-5-7-12(16)8-6-11/h5-8,17H,3-4,9-10H2,1-2H3. The zero-order valence-corrected chi connectivity index (χ0v) is 13.8. The van der Waals surface area contributed by atoms with Crippen molar-refractivity contribution in [2.75, 3.05) is 7.05 Å². The monoisotopic (exact) mass is 338 g/mol. The first-order valence-electron chi connectivity index (χ1n) is 6.59. The van der Waals surface area contributed by atoms with Gasteiger partial charge in [0.25, 0.3) is 0 Å². The highest BCUT2D eigenvalue weighted by Gasteiger charge is 2.10. The molecule has 2 rings (SSSR count). The summed E-state index contributed by atoms with van der Waals surface area (Å²) in [6.07, 6.45) is 3.16. The second-order valence-electron chi connectivity index (χ2n) is 4.56. The highest BCUT2D eigenvalue weighted by atomic mass is 79.9. The molecule has 2 aromatic rings. The van der Waals surface area contributed by atoms with Crippen molar-refractivity contribution >= 4 is 27.3 Å². The number of halogens is 1. The summed E-state index contributed by atoms with van der Waals surface area (Å²) in [5, 5.41) is 4.45. The third-order valence-corrected chi connectivity index (χ3v) is 4.54. The van der Waals surface area contributed by atoms with Gasteiger partial charge in [0.15, 0.2) is 0 Å². The van der Waals surface area contributed by atoms with Crippen LogP contribution in [-0.2, 0) is 19.4 Å². The second kappa shape index (κ2) is 7.17. The Hall–Kier alpha value is -0.710. The van der Waals surface area contributed by atoms with E-state index in [0.717, 1.165) is 30.3 Å². The van der Waals surface area contributed by atoms with Gasteiger partial charge in [-0.1, -0.05) is 41.4 Å². The minimum Gasteiger partial charge on any atom is -0.315 e. The van der Waals surface area contributed by atoms with Crippen LogP contribution in [-0.4, -0.2) is 12.0 Å². The van der Waals surface area contributed by atoms with E-state index < -0.39 is 0 Å². The minimum atomic E-state index is 0.924. The fourth-order valence-corrected chi connectivity index (χ4v) is 3.45. The quantitative estimate of drug-likeness (QED) is 0.854. The van der Waals surface area contributed by atoms with E-state index in [-0.39, 0.29) is 0 Å². The third kappa shape index (κ3) is 4.13. The van der Waals surface area contributed by atoms with E-state index in [1.807, 2.05) is 18.4 Å². The molecular formula is C15H19BrN2S. The van der Waals surface area contributed by atoms with Crippen LogP contribution in [0.2, 0.25) is 0 Å². The summed E-state index contributed by atoms with van der Waals surface area (Å²) in [5.74, 6) is 0. The number of aryl methyl sites for hydroxylation is 1. The van der Waals surface area contributed by atoms with Gasteiger partial charge in [0.1, 0.15) is 0 Å². The molecule has 0 bridgehead atoms. The summed E-state index contributed by atoms with van der Waals surface area (Å²) in [4.78, 5) is 6.19. The first-order valence-corrected chi connectivity index (χ1v) is 8.20. The number of aromatic nitrogens is 1. The number of nitrogens with one attached hydrogen (secondary N) is 1. The lowest BCUT2D eigenvalue weighted by Crippen LogP contribution is -2.05. The van der Waals surface area contributed by atoms with E-state index in [9.17, 15) is 0 Å². The topological polar surface area (TPSA) is 24.9 Å². The largest absolute Gasteiger partial charge is 0.315 e. The maximum Gasteiger partial charge on any atom is 0.0975 e. The van der Waals surface area contributed by atoms with Gasteiger partial charge in [0.2, 0.25) is 0 Å². The molecule has 0 fully saturated rings. The molecule has 2 nitrogen and oxygen atoms in total. The van der Waals surface area contributed by atoms with Crippen LogP contribution in [0.3, 0.4) is 0 Å². The van der Waals surface area contributed by atoms with Crippen LogP contribution < -0.4 is 5.32 Å². The summed E-state index contributed by atoms with van der Waals surface area (Å²) in [5.41, 5.74) is 2.59. The van der Waals surface area contributed by atoms with Gasteiger partial charge in [-0.15, -0.1) is 11.3 Å². The molecule has 102 valence electrons. The van der Waals surface area contributed by atoms with E-state index in [4.69, 9.17) is 4.98 Å². The summed E-state index contributed by atoms with van der Waals surface area (Å²) in [6.45, 7) is 3.13.